The van der Waals surface area contributed by atoms with Crippen molar-refractivity contribution in [1.82, 2.24) is 9.71 Å². The molecule has 2 unspecified atom stereocenters. The van der Waals surface area contributed by atoms with Gasteiger partial charge in [-0.05, 0) is 34.9 Å². The van der Waals surface area contributed by atoms with Gasteiger partial charge >= 0.3 is 0 Å². The number of methoxy groups -OCH3 is 1. The lowest BCUT2D eigenvalue weighted by molar-refractivity contribution is -0.114. The molecule has 3 N–H and O–H groups in total. The molecule has 2 aliphatic rings. The number of benzene rings is 2. The van der Waals surface area contributed by atoms with Crippen molar-refractivity contribution in [3.05, 3.63) is 82.9 Å². The maximum atomic E-state index is 12.1. The standard InChI is InChI=1S/C24H20N2O5S/c1-31-23-7-3-6-18(25-23)14-4-2-5-15-17(14)11-20(28)24(15)13-8-9-16(19(27)10-13)21-12-22(29)26-32(21)30/h2-10,12,20,24,27-28H,11H2,1H3,(H,26,29)/t20-,24?,32?/m1/s1. The number of nitrogens with zero attached hydrogens (tertiary/aromatic N) is 1. The van der Waals surface area contributed by atoms with Crippen molar-refractivity contribution >= 4 is 21.8 Å². The maximum absolute atomic E-state index is 12.1. The van der Waals surface area contributed by atoms with Gasteiger partial charge in [0.05, 0.1) is 23.8 Å². The lowest BCUT2D eigenvalue weighted by Crippen LogP contribution is -2.16. The Kier molecular flexibility index (Phi) is 5.03. The minimum Gasteiger partial charge on any atom is -0.507 e. The number of ether oxygens (including phenoxy) is 1. The topological polar surface area (TPSA) is 109 Å². The Morgan fingerprint density at radius 1 is 1.12 bits per heavy atom. The number of phenols is 1. The van der Waals surface area contributed by atoms with Crippen LogP contribution in [0.25, 0.3) is 16.2 Å². The number of hydrogen-bond acceptors (Lipinski definition) is 6. The fourth-order valence-electron chi connectivity index (χ4n) is 4.45. The van der Waals surface area contributed by atoms with E-state index >= 15 is 0 Å². The van der Waals surface area contributed by atoms with Crippen molar-refractivity contribution in [3.8, 4) is 22.9 Å². The molecule has 0 saturated carbocycles. The number of phenolic OH excluding ortho intramolecular Hbond substituents is 1. The number of aliphatic hydroxyl groups is 1. The van der Waals surface area contributed by atoms with Gasteiger partial charge in [0.2, 0.25) is 5.88 Å². The zero-order chi connectivity index (χ0) is 22.4. The molecule has 5 rings (SSSR count). The third-order valence-corrected chi connectivity index (χ3v) is 6.98. The zero-order valence-electron chi connectivity index (χ0n) is 17.1. The molecule has 162 valence electrons. The first-order valence-corrected chi connectivity index (χ1v) is 11.2. The summed E-state index contributed by atoms with van der Waals surface area (Å²) in [6.45, 7) is 0. The summed E-state index contributed by atoms with van der Waals surface area (Å²) in [6, 6.07) is 16.4. The van der Waals surface area contributed by atoms with E-state index in [1.54, 1.807) is 31.4 Å². The average molecular weight is 449 g/mol. The number of pyridine rings is 1. The highest BCUT2D eigenvalue weighted by atomic mass is 32.2. The van der Waals surface area contributed by atoms with E-state index in [1.807, 2.05) is 30.3 Å². The molecular weight excluding hydrogens is 428 g/mol. The van der Waals surface area contributed by atoms with Crippen molar-refractivity contribution < 1.29 is 24.0 Å². The summed E-state index contributed by atoms with van der Waals surface area (Å²) >= 11 is 0. The Hall–Kier alpha value is -3.49. The lowest BCUT2D eigenvalue weighted by atomic mass is 9.89. The molecule has 3 atom stereocenters. The largest absolute Gasteiger partial charge is 0.507 e. The first kappa shape index (κ1) is 20.4. The van der Waals surface area contributed by atoms with Crippen molar-refractivity contribution in [2.45, 2.75) is 18.4 Å². The van der Waals surface area contributed by atoms with Crippen LogP contribution in [0.15, 0.2) is 60.7 Å². The molecule has 8 heteroatoms. The van der Waals surface area contributed by atoms with Crippen molar-refractivity contribution in [1.29, 1.82) is 0 Å². The number of carbonyl (C=O) groups excluding carboxylic acids is 1. The highest BCUT2D eigenvalue weighted by Gasteiger charge is 2.35. The summed E-state index contributed by atoms with van der Waals surface area (Å²) in [5.41, 5.74) is 4.72. The quantitative estimate of drug-likeness (QED) is 0.566. The number of aromatic nitrogens is 1. The first-order valence-electron chi connectivity index (χ1n) is 10.0. The average Bonchev–Trinajstić information content (AvgIpc) is 3.30. The summed E-state index contributed by atoms with van der Waals surface area (Å²) in [6.07, 6.45) is 0.994. The van der Waals surface area contributed by atoms with E-state index in [2.05, 4.69) is 9.71 Å². The number of amides is 1. The van der Waals surface area contributed by atoms with Crippen LogP contribution in [-0.4, -0.2) is 38.5 Å². The van der Waals surface area contributed by atoms with Crippen LogP contribution in [0.4, 0.5) is 0 Å². The molecule has 2 aromatic carbocycles. The van der Waals surface area contributed by atoms with Crippen molar-refractivity contribution in [3.63, 3.8) is 0 Å². The zero-order valence-corrected chi connectivity index (χ0v) is 17.9. The second-order valence-corrected chi connectivity index (χ2v) is 8.89. The van der Waals surface area contributed by atoms with Crippen molar-refractivity contribution in [2.24, 2.45) is 0 Å². The van der Waals surface area contributed by atoms with Crippen molar-refractivity contribution in [2.75, 3.05) is 7.11 Å². The smallest absolute Gasteiger partial charge is 0.257 e. The van der Waals surface area contributed by atoms with Crippen LogP contribution in [0.3, 0.4) is 0 Å². The molecule has 1 amide bonds. The molecule has 0 fully saturated rings. The van der Waals surface area contributed by atoms with Gasteiger partial charge in [0, 0.05) is 35.6 Å². The van der Waals surface area contributed by atoms with E-state index in [0.717, 1.165) is 27.9 Å². The molecule has 3 aromatic rings. The SMILES string of the molecule is COc1cccc(-c2cccc3c2C[C@@H](O)C3c2ccc(C3=CC(=O)NS3=O)c(O)c2)n1. The van der Waals surface area contributed by atoms with E-state index in [9.17, 15) is 19.2 Å². The van der Waals surface area contributed by atoms with E-state index < -0.39 is 23.0 Å². The van der Waals surface area contributed by atoms with Gasteiger partial charge in [-0.1, -0.05) is 30.3 Å². The monoisotopic (exact) mass is 448 g/mol. The van der Waals surface area contributed by atoms with Crippen LogP contribution in [0, 0.1) is 0 Å². The molecule has 1 aliphatic carbocycles. The summed E-state index contributed by atoms with van der Waals surface area (Å²) < 4.78 is 19.6. The van der Waals surface area contributed by atoms with Gasteiger partial charge in [0.25, 0.3) is 5.91 Å². The maximum Gasteiger partial charge on any atom is 0.257 e. The number of hydrogen-bond donors (Lipinski definition) is 3. The molecule has 1 aromatic heterocycles. The summed E-state index contributed by atoms with van der Waals surface area (Å²) in [5, 5.41) is 21.6. The van der Waals surface area contributed by atoms with Gasteiger partial charge in [0.15, 0.2) is 11.0 Å². The Labute approximate surface area is 187 Å². The minimum atomic E-state index is -1.70. The Morgan fingerprint density at radius 3 is 2.66 bits per heavy atom. The fourth-order valence-corrected chi connectivity index (χ4v) is 5.39. The molecule has 2 heterocycles. The molecule has 7 nitrogen and oxygen atoms in total. The van der Waals surface area contributed by atoms with Crippen LogP contribution in [0.5, 0.6) is 11.6 Å². The number of aliphatic hydroxyl groups excluding tert-OH is 1. The second kappa shape index (κ2) is 7.89. The van der Waals surface area contributed by atoms with Gasteiger partial charge in [-0.2, -0.15) is 0 Å². The lowest BCUT2D eigenvalue weighted by Gasteiger charge is -2.18. The van der Waals surface area contributed by atoms with Gasteiger partial charge in [-0.25, -0.2) is 9.19 Å². The van der Waals surface area contributed by atoms with E-state index in [1.165, 1.54) is 6.08 Å². The van der Waals surface area contributed by atoms with Gasteiger partial charge in [-0.3, -0.25) is 9.52 Å². The van der Waals surface area contributed by atoms with Crippen LogP contribution in [0.2, 0.25) is 0 Å². The molecule has 0 saturated heterocycles. The third-order valence-electron chi connectivity index (χ3n) is 5.86. The molecule has 1 aliphatic heterocycles. The van der Waals surface area contributed by atoms with Gasteiger partial charge < -0.3 is 14.9 Å². The van der Waals surface area contributed by atoms with E-state index in [0.29, 0.717) is 17.9 Å². The van der Waals surface area contributed by atoms with E-state index in [4.69, 9.17) is 4.74 Å². The predicted molar refractivity (Wildman–Crippen MR) is 120 cm³/mol. The molecule has 32 heavy (non-hydrogen) atoms. The van der Waals surface area contributed by atoms with Crippen LogP contribution < -0.4 is 9.46 Å². The Balaban J connectivity index is 1.55. The van der Waals surface area contributed by atoms with Crippen LogP contribution in [-0.2, 0) is 22.2 Å². The molecular formula is C24H20N2O5S. The minimum absolute atomic E-state index is 0.0927. The Morgan fingerprint density at radius 2 is 1.94 bits per heavy atom. The number of rotatable bonds is 4. The van der Waals surface area contributed by atoms with Crippen LogP contribution >= 0.6 is 0 Å². The highest BCUT2D eigenvalue weighted by molar-refractivity contribution is 7.94. The number of fused-ring (bicyclic) bond motifs is 1. The molecule has 0 bridgehead atoms. The predicted octanol–water partition coefficient (Wildman–Crippen LogP) is 2.65. The Bertz CT molecular complexity index is 1300. The fraction of sp³-hybridized carbons (Fsp3) is 0.167. The van der Waals surface area contributed by atoms with Crippen LogP contribution in [0.1, 0.15) is 28.2 Å². The summed E-state index contributed by atoms with van der Waals surface area (Å²) in [4.78, 5) is 16.3. The highest BCUT2D eigenvalue weighted by Crippen LogP contribution is 2.44. The molecule has 0 spiro atoms. The number of carbonyl (C=O) groups is 1. The number of aromatic hydroxyl groups is 1. The van der Waals surface area contributed by atoms with Gasteiger partial charge in [-0.15, -0.1) is 0 Å². The third kappa shape index (κ3) is 3.37. The molecule has 0 radical (unpaired) electrons. The summed E-state index contributed by atoms with van der Waals surface area (Å²) in [5.74, 6) is -0.369. The first-order chi connectivity index (χ1) is 15.5. The van der Waals surface area contributed by atoms with E-state index in [-0.39, 0.29) is 16.6 Å². The normalized spacial score (nSPS) is 21.8. The summed E-state index contributed by atoms with van der Waals surface area (Å²) in [7, 11) is -0.126. The number of nitrogens with one attached hydrogen (secondary N) is 1. The second-order valence-electron chi connectivity index (χ2n) is 7.71. The van der Waals surface area contributed by atoms with Gasteiger partial charge in [0.1, 0.15) is 5.75 Å².